The van der Waals surface area contributed by atoms with Crippen LogP contribution in [-0.2, 0) is 0 Å². The highest BCUT2D eigenvalue weighted by Crippen LogP contribution is 2.30. The van der Waals surface area contributed by atoms with Crippen LogP contribution in [-0.4, -0.2) is 9.97 Å². The molecule has 0 amide bonds. The van der Waals surface area contributed by atoms with E-state index in [1.165, 1.54) is 0 Å². The molecule has 0 unspecified atom stereocenters. The maximum atomic E-state index is 5.70. The minimum absolute atomic E-state index is 0.518. The first kappa shape index (κ1) is 8.65. The Morgan fingerprint density at radius 2 is 2.23 bits per heavy atom. The number of rotatable bonds is 1. The van der Waals surface area contributed by atoms with Gasteiger partial charge in [-0.2, -0.15) is 0 Å². The maximum absolute atomic E-state index is 5.70. The van der Waals surface area contributed by atoms with E-state index in [-0.39, 0.29) is 0 Å². The van der Waals surface area contributed by atoms with Crippen LogP contribution in [0.2, 0.25) is 0 Å². The van der Waals surface area contributed by atoms with Crippen molar-refractivity contribution in [3.8, 4) is 10.6 Å². The number of halogens is 1. The lowest BCUT2D eigenvalue weighted by Gasteiger charge is -1.98. The SMILES string of the molecule is Nc1ncccc1-c1ncc(Br)s1. The molecule has 0 saturated heterocycles. The van der Waals surface area contributed by atoms with Crippen LogP contribution in [0.1, 0.15) is 0 Å². The number of hydrogen-bond acceptors (Lipinski definition) is 4. The van der Waals surface area contributed by atoms with Crippen LogP contribution in [0, 0.1) is 0 Å². The molecule has 0 aliphatic heterocycles. The van der Waals surface area contributed by atoms with Crippen LogP contribution in [0.3, 0.4) is 0 Å². The molecule has 0 aliphatic carbocycles. The molecule has 0 atom stereocenters. The first-order valence-corrected chi connectivity index (χ1v) is 5.20. The quantitative estimate of drug-likeness (QED) is 0.853. The van der Waals surface area contributed by atoms with E-state index in [4.69, 9.17) is 5.73 Å². The Balaban J connectivity index is 2.52. The normalized spacial score (nSPS) is 10.2. The van der Waals surface area contributed by atoms with E-state index < -0.39 is 0 Å². The molecule has 0 bridgehead atoms. The fourth-order valence-corrected chi connectivity index (χ4v) is 2.22. The molecule has 0 spiro atoms. The van der Waals surface area contributed by atoms with Gasteiger partial charge in [0, 0.05) is 6.20 Å². The molecule has 13 heavy (non-hydrogen) atoms. The zero-order chi connectivity index (χ0) is 9.26. The van der Waals surface area contributed by atoms with Gasteiger partial charge in [0.05, 0.1) is 15.5 Å². The maximum Gasteiger partial charge on any atom is 0.133 e. The van der Waals surface area contributed by atoms with Gasteiger partial charge in [0.1, 0.15) is 10.8 Å². The van der Waals surface area contributed by atoms with E-state index in [1.54, 1.807) is 23.7 Å². The molecule has 2 heterocycles. The van der Waals surface area contributed by atoms with Crippen molar-refractivity contribution >= 4 is 33.1 Å². The lowest BCUT2D eigenvalue weighted by atomic mass is 10.3. The van der Waals surface area contributed by atoms with E-state index in [2.05, 4.69) is 25.9 Å². The Morgan fingerprint density at radius 3 is 2.85 bits per heavy atom. The number of pyridine rings is 1. The third-order valence-corrected chi connectivity index (χ3v) is 3.06. The summed E-state index contributed by atoms with van der Waals surface area (Å²) in [4.78, 5) is 8.19. The van der Waals surface area contributed by atoms with E-state index in [0.717, 1.165) is 14.4 Å². The summed E-state index contributed by atoms with van der Waals surface area (Å²) in [5.74, 6) is 0.518. The smallest absolute Gasteiger partial charge is 0.133 e. The van der Waals surface area contributed by atoms with Gasteiger partial charge in [-0.05, 0) is 28.1 Å². The molecule has 0 saturated carbocycles. The molecular weight excluding hydrogens is 250 g/mol. The summed E-state index contributed by atoms with van der Waals surface area (Å²) in [7, 11) is 0. The number of aromatic nitrogens is 2. The number of anilines is 1. The van der Waals surface area contributed by atoms with Gasteiger partial charge < -0.3 is 5.73 Å². The van der Waals surface area contributed by atoms with Crippen molar-refractivity contribution in [3.05, 3.63) is 28.3 Å². The van der Waals surface area contributed by atoms with Crippen molar-refractivity contribution in [1.29, 1.82) is 0 Å². The minimum atomic E-state index is 0.518. The minimum Gasteiger partial charge on any atom is -0.383 e. The monoisotopic (exact) mass is 255 g/mol. The van der Waals surface area contributed by atoms with Gasteiger partial charge in [-0.25, -0.2) is 9.97 Å². The number of nitrogen functional groups attached to an aromatic ring is 1. The fourth-order valence-electron chi connectivity index (χ4n) is 0.977. The van der Waals surface area contributed by atoms with Crippen LogP contribution < -0.4 is 5.73 Å². The summed E-state index contributed by atoms with van der Waals surface area (Å²) < 4.78 is 0.991. The molecule has 2 N–H and O–H groups in total. The molecular formula is C8H6BrN3S. The fraction of sp³-hybridized carbons (Fsp3) is 0. The zero-order valence-corrected chi connectivity index (χ0v) is 8.97. The van der Waals surface area contributed by atoms with Crippen molar-refractivity contribution in [1.82, 2.24) is 9.97 Å². The van der Waals surface area contributed by atoms with Gasteiger partial charge in [-0.15, -0.1) is 11.3 Å². The first-order chi connectivity index (χ1) is 6.27. The number of nitrogens with zero attached hydrogens (tertiary/aromatic N) is 2. The number of nitrogens with two attached hydrogens (primary N) is 1. The third kappa shape index (κ3) is 1.71. The summed E-state index contributed by atoms with van der Waals surface area (Å²) in [5.41, 5.74) is 6.59. The zero-order valence-electron chi connectivity index (χ0n) is 6.57. The average Bonchev–Trinajstić information content (AvgIpc) is 2.53. The number of thiazole rings is 1. The summed E-state index contributed by atoms with van der Waals surface area (Å²) in [6.07, 6.45) is 3.42. The van der Waals surface area contributed by atoms with Crippen LogP contribution in [0.4, 0.5) is 5.82 Å². The van der Waals surface area contributed by atoms with E-state index >= 15 is 0 Å². The summed E-state index contributed by atoms with van der Waals surface area (Å²) in [5, 5.41) is 0.887. The predicted molar refractivity (Wildman–Crippen MR) is 57.5 cm³/mol. The van der Waals surface area contributed by atoms with Gasteiger partial charge in [0.25, 0.3) is 0 Å². The summed E-state index contributed by atoms with van der Waals surface area (Å²) in [6.45, 7) is 0. The topological polar surface area (TPSA) is 51.8 Å². The van der Waals surface area contributed by atoms with Crippen LogP contribution in [0.5, 0.6) is 0 Å². The van der Waals surface area contributed by atoms with Gasteiger partial charge in [-0.3, -0.25) is 0 Å². The second-order valence-corrected chi connectivity index (χ2v) is 4.82. The van der Waals surface area contributed by atoms with Crippen molar-refractivity contribution < 1.29 is 0 Å². The van der Waals surface area contributed by atoms with E-state index in [0.29, 0.717) is 5.82 Å². The van der Waals surface area contributed by atoms with Crippen molar-refractivity contribution in [3.63, 3.8) is 0 Å². The summed E-state index contributed by atoms with van der Waals surface area (Å²) >= 11 is 4.89. The Kier molecular flexibility index (Phi) is 2.28. The second-order valence-electron chi connectivity index (χ2n) is 2.41. The highest BCUT2D eigenvalue weighted by molar-refractivity contribution is 9.11. The third-order valence-electron chi connectivity index (χ3n) is 1.55. The lowest BCUT2D eigenvalue weighted by Crippen LogP contribution is -1.92. The molecule has 2 aromatic heterocycles. The highest BCUT2D eigenvalue weighted by Gasteiger charge is 2.06. The average molecular weight is 256 g/mol. The Labute approximate surface area is 87.8 Å². The number of hydrogen-bond donors (Lipinski definition) is 1. The summed E-state index contributed by atoms with van der Waals surface area (Å²) in [6, 6.07) is 3.76. The van der Waals surface area contributed by atoms with Gasteiger partial charge in [0.15, 0.2) is 0 Å². The van der Waals surface area contributed by atoms with Gasteiger partial charge in [0.2, 0.25) is 0 Å². The Bertz CT molecular complexity index is 427. The molecule has 5 heteroatoms. The van der Waals surface area contributed by atoms with E-state index in [1.807, 2.05) is 12.1 Å². The first-order valence-electron chi connectivity index (χ1n) is 3.59. The molecule has 0 aliphatic rings. The van der Waals surface area contributed by atoms with Crippen molar-refractivity contribution in [2.75, 3.05) is 5.73 Å². The molecule has 66 valence electrons. The largest absolute Gasteiger partial charge is 0.383 e. The molecule has 0 fully saturated rings. The van der Waals surface area contributed by atoms with Crippen LogP contribution in [0.15, 0.2) is 28.3 Å². The van der Waals surface area contributed by atoms with Crippen molar-refractivity contribution in [2.45, 2.75) is 0 Å². The molecule has 0 aromatic carbocycles. The molecule has 2 rings (SSSR count). The van der Waals surface area contributed by atoms with Crippen molar-refractivity contribution in [2.24, 2.45) is 0 Å². The Hall–Kier alpha value is -0.940. The highest BCUT2D eigenvalue weighted by atomic mass is 79.9. The Morgan fingerprint density at radius 1 is 1.38 bits per heavy atom. The molecule has 2 aromatic rings. The lowest BCUT2D eigenvalue weighted by molar-refractivity contribution is 1.32. The molecule has 3 nitrogen and oxygen atoms in total. The predicted octanol–water partition coefficient (Wildman–Crippen LogP) is 2.55. The molecule has 0 radical (unpaired) electrons. The van der Waals surface area contributed by atoms with Gasteiger partial charge in [-0.1, -0.05) is 0 Å². The second kappa shape index (κ2) is 3.43. The van der Waals surface area contributed by atoms with Crippen LogP contribution in [0.25, 0.3) is 10.6 Å². The van der Waals surface area contributed by atoms with Gasteiger partial charge >= 0.3 is 0 Å². The van der Waals surface area contributed by atoms with Crippen LogP contribution >= 0.6 is 27.3 Å². The standard InChI is InChI=1S/C8H6BrN3S/c9-6-4-12-8(13-6)5-2-1-3-11-7(5)10/h1-4H,(H2,10,11). The van der Waals surface area contributed by atoms with E-state index in [9.17, 15) is 0 Å².